The molecule has 0 heterocycles. The molecular weight excluding hydrogens is 290 g/mol. The number of nitrogens with one attached hydrogen (secondary N) is 1. The van der Waals surface area contributed by atoms with Crippen molar-refractivity contribution in [3.05, 3.63) is 59.7 Å². The average molecular weight is 313 g/mol. The first-order valence-electron chi connectivity index (χ1n) is 7.82. The lowest BCUT2D eigenvalue weighted by molar-refractivity contribution is 0.0926. The summed E-state index contributed by atoms with van der Waals surface area (Å²) in [6.45, 7) is 6.88. The van der Waals surface area contributed by atoms with Crippen LogP contribution in [0, 0.1) is 6.92 Å². The molecular formula is C19H23NO3. The van der Waals surface area contributed by atoms with Crippen molar-refractivity contribution in [2.75, 3.05) is 13.2 Å². The fourth-order valence-electron chi connectivity index (χ4n) is 2.15. The first-order valence-corrected chi connectivity index (χ1v) is 7.82. The van der Waals surface area contributed by atoms with Gasteiger partial charge in [0.05, 0.1) is 12.6 Å². The average Bonchev–Trinajstić information content (AvgIpc) is 2.55. The van der Waals surface area contributed by atoms with E-state index in [-0.39, 0.29) is 11.9 Å². The number of amides is 1. The SMILES string of the molecule is CCOc1ccc(C(=O)NC(C)COc2ccccc2C)cc1. The molecule has 23 heavy (non-hydrogen) atoms. The van der Waals surface area contributed by atoms with Crippen LogP contribution in [-0.4, -0.2) is 25.2 Å². The Morgan fingerprint density at radius 1 is 1.09 bits per heavy atom. The van der Waals surface area contributed by atoms with E-state index in [0.717, 1.165) is 17.1 Å². The molecule has 0 aliphatic rings. The van der Waals surface area contributed by atoms with Gasteiger partial charge in [-0.15, -0.1) is 0 Å². The zero-order valence-electron chi connectivity index (χ0n) is 13.8. The van der Waals surface area contributed by atoms with E-state index in [9.17, 15) is 4.79 Å². The number of carbonyl (C=O) groups is 1. The number of hydrogen-bond acceptors (Lipinski definition) is 3. The van der Waals surface area contributed by atoms with Gasteiger partial charge in [-0.2, -0.15) is 0 Å². The molecule has 1 atom stereocenters. The van der Waals surface area contributed by atoms with Gasteiger partial charge in [0, 0.05) is 5.56 Å². The molecule has 0 fully saturated rings. The van der Waals surface area contributed by atoms with E-state index >= 15 is 0 Å². The number of aryl methyl sites for hydroxylation is 1. The highest BCUT2D eigenvalue weighted by Crippen LogP contribution is 2.16. The van der Waals surface area contributed by atoms with Crippen LogP contribution < -0.4 is 14.8 Å². The predicted octanol–water partition coefficient (Wildman–Crippen LogP) is 3.59. The molecule has 1 unspecified atom stereocenters. The van der Waals surface area contributed by atoms with Crippen molar-refractivity contribution >= 4 is 5.91 Å². The number of hydrogen-bond donors (Lipinski definition) is 1. The third-order valence-corrected chi connectivity index (χ3v) is 3.39. The monoisotopic (exact) mass is 313 g/mol. The Morgan fingerprint density at radius 3 is 2.43 bits per heavy atom. The van der Waals surface area contributed by atoms with Crippen molar-refractivity contribution in [1.82, 2.24) is 5.32 Å². The van der Waals surface area contributed by atoms with Gasteiger partial charge in [-0.3, -0.25) is 4.79 Å². The number of benzene rings is 2. The standard InChI is InChI=1S/C19H23NO3/c1-4-22-17-11-9-16(10-12-17)19(21)20-15(3)13-23-18-8-6-5-7-14(18)2/h5-12,15H,4,13H2,1-3H3,(H,20,21). The molecule has 0 saturated carbocycles. The minimum atomic E-state index is -0.117. The van der Waals surface area contributed by atoms with Gasteiger partial charge in [-0.1, -0.05) is 18.2 Å². The zero-order valence-corrected chi connectivity index (χ0v) is 13.8. The van der Waals surface area contributed by atoms with Crippen molar-refractivity contribution in [1.29, 1.82) is 0 Å². The van der Waals surface area contributed by atoms with E-state index in [1.165, 1.54) is 0 Å². The highest BCUT2D eigenvalue weighted by atomic mass is 16.5. The fourth-order valence-corrected chi connectivity index (χ4v) is 2.15. The normalized spacial score (nSPS) is 11.6. The summed E-state index contributed by atoms with van der Waals surface area (Å²) in [5.41, 5.74) is 1.69. The number of rotatable bonds is 7. The maximum absolute atomic E-state index is 12.2. The maximum Gasteiger partial charge on any atom is 0.251 e. The van der Waals surface area contributed by atoms with E-state index in [1.54, 1.807) is 24.3 Å². The van der Waals surface area contributed by atoms with Gasteiger partial charge < -0.3 is 14.8 Å². The summed E-state index contributed by atoms with van der Waals surface area (Å²) in [7, 11) is 0. The predicted molar refractivity (Wildman–Crippen MR) is 91.2 cm³/mol. The van der Waals surface area contributed by atoms with Crippen molar-refractivity contribution in [3.8, 4) is 11.5 Å². The van der Waals surface area contributed by atoms with E-state index in [4.69, 9.17) is 9.47 Å². The zero-order chi connectivity index (χ0) is 16.7. The molecule has 122 valence electrons. The molecule has 1 N–H and O–H groups in total. The highest BCUT2D eigenvalue weighted by Gasteiger charge is 2.11. The molecule has 0 saturated heterocycles. The van der Waals surface area contributed by atoms with Crippen LogP contribution in [0.2, 0.25) is 0 Å². The van der Waals surface area contributed by atoms with E-state index in [2.05, 4.69) is 5.32 Å². The molecule has 0 radical (unpaired) electrons. The van der Waals surface area contributed by atoms with E-state index in [1.807, 2.05) is 45.0 Å². The Labute approximate surface area is 137 Å². The van der Waals surface area contributed by atoms with Gasteiger partial charge in [-0.05, 0) is 56.7 Å². The third kappa shape index (κ3) is 5.02. The molecule has 2 aromatic carbocycles. The van der Waals surface area contributed by atoms with Crippen LogP contribution in [0.4, 0.5) is 0 Å². The van der Waals surface area contributed by atoms with Crippen LogP contribution in [0.3, 0.4) is 0 Å². The quantitative estimate of drug-likeness (QED) is 0.850. The summed E-state index contributed by atoms with van der Waals surface area (Å²) < 4.78 is 11.1. The fraction of sp³-hybridized carbons (Fsp3) is 0.316. The Hall–Kier alpha value is -2.49. The van der Waals surface area contributed by atoms with Gasteiger partial charge in [0.25, 0.3) is 5.91 Å². The third-order valence-electron chi connectivity index (χ3n) is 3.39. The van der Waals surface area contributed by atoms with Crippen molar-refractivity contribution < 1.29 is 14.3 Å². The van der Waals surface area contributed by atoms with Crippen LogP contribution in [0.15, 0.2) is 48.5 Å². The molecule has 0 aromatic heterocycles. The molecule has 0 aliphatic carbocycles. The first-order chi connectivity index (χ1) is 11.1. The topological polar surface area (TPSA) is 47.6 Å². The lowest BCUT2D eigenvalue weighted by Crippen LogP contribution is -2.36. The van der Waals surface area contributed by atoms with Gasteiger partial charge >= 0.3 is 0 Å². The Morgan fingerprint density at radius 2 is 1.78 bits per heavy atom. The van der Waals surface area contributed by atoms with Crippen LogP contribution in [0.25, 0.3) is 0 Å². The minimum Gasteiger partial charge on any atom is -0.494 e. The summed E-state index contributed by atoms with van der Waals surface area (Å²) >= 11 is 0. The number of para-hydroxylation sites is 1. The molecule has 2 rings (SSSR count). The second kappa shape index (κ2) is 8.22. The largest absolute Gasteiger partial charge is 0.494 e. The summed E-state index contributed by atoms with van der Waals surface area (Å²) in [6.07, 6.45) is 0. The summed E-state index contributed by atoms with van der Waals surface area (Å²) in [5.74, 6) is 1.49. The van der Waals surface area contributed by atoms with Gasteiger partial charge in [0.15, 0.2) is 0 Å². The number of carbonyl (C=O) groups excluding carboxylic acids is 1. The van der Waals surface area contributed by atoms with Gasteiger partial charge in [0.2, 0.25) is 0 Å². The first kappa shape index (κ1) is 16.9. The molecule has 1 amide bonds. The van der Waals surface area contributed by atoms with Crippen LogP contribution in [0.1, 0.15) is 29.8 Å². The van der Waals surface area contributed by atoms with E-state index < -0.39 is 0 Å². The lowest BCUT2D eigenvalue weighted by Gasteiger charge is -2.16. The summed E-state index contributed by atoms with van der Waals surface area (Å²) in [4.78, 5) is 12.2. The molecule has 4 nitrogen and oxygen atoms in total. The smallest absolute Gasteiger partial charge is 0.251 e. The highest BCUT2D eigenvalue weighted by molar-refractivity contribution is 5.94. The van der Waals surface area contributed by atoms with Crippen LogP contribution in [0.5, 0.6) is 11.5 Å². The maximum atomic E-state index is 12.2. The second-order valence-corrected chi connectivity index (χ2v) is 5.41. The molecule has 0 spiro atoms. The minimum absolute atomic E-state index is 0.0892. The van der Waals surface area contributed by atoms with Crippen LogP contribution in [-0.2, 0) is 0 Å². The van der Waals surface area contributed by atoms with Crippen molar-refractivity contribution in [3.63, 3.8) is 0 Å². The molecule has 0 aliphatic heterocycles. The summed E-state index contributed by atoms with van der Waals surface area (Å²) in [6, 6.07) is 14.9. The molecule has 0 bridgehead atoms. The van der Waals surface area contributed by atoms with E-state index in [0.29, 0.717) is 18.8 Å². The number of ether oxygens (including phenoxy) is 2. The Kier molecular flexibility index (Phi) is 6.03. The second-order valence-electron chi connectivity index (χ2n) is 5.41. The Bertz CT molecular complexity index is 637. The Balaban J connectivity index is 1.85. The van der Waals surface area contributed by atoms with Gasteiger partial charge in [-0.25, -0.2) is 0 Å². The molecule has 4 heteroatoms. The lowest BCUT2D eigenvalue weighted by atomic mass is 10.2. The summed E-state index contributed by atoms with van der Waals surface area (Å²) in [5, 5.41) is 2.93. The van der Waals surface area contributed by atoms with Crippen molar-refractivity contribution in [2.24, 2.45) is 0 Å². The van der Waals surface area contributed by atoms with Crippen LogP contribution >= 0.6 is 0 Å². The van der Waals surface area contributed by atoms with Crippen molar-refractivity contribution in [2.45, 2.75) is 26.8 Å². The molecule has 2 aromatic rings. The van der Waals surface area contributed by atoms with Gasteiger partial charge in [0.1, 0.15) is 18.1 Å².